The Balaban J connectivity index is 1.98. The van der Waals surface area contributed by atoms with E-state index in [2.05, 4.69) is 29.0 Å². The molecule has 126 valence electrons. The second kappa shape index (κ2) is 8.06. The van der Waals surface area contributed by atoms with Crippen molar-refractivity contribution in [1.29, 1.82) is 0 Å². The molecule has 0 unspecified atom stereocenters. The molecular weight excluding hydrogens is 292 g/mol. The number of piperazine rings is 1. The van der Waals surface area contributed by atoms with Gasteiger partial charge in [-0.2, -0.15) is 0 Å². The summed E-state index contributed by atoms with van der Waals surface area (Å²) in [7, 11) is 2.05. The van der Waals surface area contributed by atoms with Crippen LogP contribution in [0.25, 0.3) is 0 Å². The number of hydrogen-bond acceptors (Lipinski definition) is 4. The monoisotopic (exact) mass is 318 g/mol. The number of carbonyl (C=O) groups excluding carboxylic acids is 2. The highest BCUT2D eigenvalue weighted by Gasteiger charge is 2.21. The van der Waals surface area contributed by atoms with E-state index in [-0.39, 0.29) is 11.8 Å². The molecule has 0 bridgehead atoms. The van der Waals surface area contributed by atoms with Crippen LogP contribution >= 0.6 is 0 Å². The van der Waals surface area contributed by atoms with Gasteiger partial charge in [-0.3, -0.25) is 14.6 Å². The molecule has 6 heteroatoms. The molecule has 0 aromatic carbocycles. The molecule has 1 fully saturated rings. The lowest BCUT2D eigenvalue weighted by Crippen LogP contribution is -2.47. The van der Waals surface area contributed by atoms with E-state index in [4.69, 9.17) is 0 Å². The Morgan fingerprint density at radius 3 is 2.61 bits per heavy atom. The van der Waals surface area contributed by atoms with Gasteiger partial charge in [-0.05, 0) is 31.5 Å². The Kier molecular flexibility index (Phi) is 6.10. The number of hydrogen-bond donors (Lipinski definition) is 1. The summed E-state index contributed by atoms with van der Waals surface area (Å²) < 4.78 is 0. The molecule has 1 aromatic heterocycles. The summed E-state index contributed by atoms with van der Waals surface area (Å²) in [5.74, 6) is 0.281. The summed E-state index contributed by atoms with van der Waals surface area (Å²) in [4.78, 5) is 32.8. The van der Waals surface area contributed by atoms with Gasteiger partial charge >= 0.3 is 0 Å². The molecule has 2 heterocycles. The summed E-state index contributed by atoms with van der Waals surface area (Å²) in [6.45, 7) is 8.02. The van der Waals surface area contributed by atoms with Gasteiger partial charge in [0.05, 0.1) is 0 Å². The average molecular weight is 318 g/mol. The number of amides is 2. The van der Waals surface area contributed by atoms with Gasteiger partial charge in [-0.25, -0.2) is 0 Å². The van der Waals surface area contributed by atoms with Crippen LogP contribution < -0.4 is 5.32 Å². The minimum absolute atomic E-state index is 0.0308. The third kappa shape index (κ3) is 5.03. The molecule has 0 saturated carbocycles. The van der Waals surface area contributed by atoms with Crippen molar-refractivity contribution in [2.45, 2.75) is 20.3 Å². The number of nitrogens with zero attached hydrogens (tertiary/aromatic N) is 3. The topological polar surface area (TPSA) is 65.5 Å². The van der Waals surface area contributed by atoms with Gasteiger partial charge in [0.25, 0.3) is 11.8 Å². The van der Waals surface area contributed by atoms with Gasteiger partial charge in [-0.15, -0.1) is 0 Å². The Hall–Kier alpha value is -1.95. The molecule has 1 saturated heterocycles. The second-order valence-electron chi connectivity index (χ2n) is 6.46. The van der Waals surface area contributed by atoms with Crippen LogP contribution in [0.3, 0.4) is 0 Å². The number of likely N-dealkylation sites (N-methyl/N-ethyl adjacent to an activating group) is 1. The van der Waals surface area contributed by atoms with E-state index >= 15 is 0 Å². The second-order valence-corrected chi connectivity index (χ2v) is 6.46. The highest BCUT2D eigenvalue weighted by molar-refractivity contribution is 5.98. The van der Waals surface area contributed by atoms with Crippen LogP contribution in [-0.2, 0) is 0 Å². The molecule has 1 aromatic rings. The van der Waals surface area contributed by atoms with Crippen LogP contribution in [0.4, 0.5) is 0 Å². The quantitative estimate of drug-likeness (QED) is 0.887. The van der Waals surface area contributed by atoms with Crippen LogP contribution in [0.15, 0.2) is 18.3 Å². The largest absolute Gasteiger partial charge is 0.351 e. The fourth-order valence-corrected chi connectivity index (χ4v) is 2.44. The first kappa shape index (κ1) is 17.4. The van der Waals surface area contributed by atoms with Crippen LogP contribution in [0.1, 0.15) is 41.1 Å². The van der Waals surface area contributed by atoms with E-state index in [1.165, 1.54) is 6.20 Å². The molecule has 23 heavy (non-hydrogen) atoms. The zero-order chi connectivity index (χ0) is 16.8. The molecule has 1 N–H and O–H groups in total. The Bertz CT molecular complexity index is 551. The van der Waals surface area contributed by atoms with E-state index in [0.717, 1.165) is 19.5 Å². The van der Waals surface area contributed by atoms with Gasteiger partial charge in [0.1, 0.15) is 5.69 Å². The first-order valence-electron chi connectivity index (χ1n) is 8.19. The minimum atomic E-state index is -0.223. The minimum Gasteiger partial charge on any atom is -0.351 e. The highest BCUT2D eigenvalue weighted by Crippen LogP contribution is 2.09. The number of aromatic nitrogens is 1. The summed E-state index contributed by atoms with van der Waals surface area (Å²) in [5, 5.41) is 2.85. The smallest absolute Gasteiger partial charge is 0.269 e. The van der Waals surface area contributed by atoms with Crippen molar-refractivity contribution in [1.82, 2.24) is 20.1 Å². The SMILES string of the molecule is CC(C)CCNC(=O)c1cc(C(=O)N2CCN(C)CC2)ccn1. The zero-order valence-corrected chi connectivity index (χ0v) is 14.2. The maximum Gasteiger partial charge on any atom is 0.269 e. The van der Waals surface area contributed by atoms with Crippen LogP contribution in [-0.4, -0.2) is 66.4 Å². The molecule has 0 aliphatic carbocycles. The molecule has 6 nitrogen and oxygen atoms in total. The van der Waals surface area contributed by atoms with Crippen molar-refractivity contribution in [3.63, 3.8) is 0 Å². The fourth-order valence-electron chi connectivity index (χ4n) is 2.44. The number of rotatable bonds is 5. The first-order valence-corrected chi connectivity index (χ1v) is 8.19. The van der Waals surface area contributed by atoms with E-state index in [9.17, 15) is 9.59 Å². The molecule has 0 radical (unpaired) electrons. The van der Waals surface area contributed by atoms with Gasteiger partial charge in [-0.1, -0.05) is 13.8 Å². The van der Waals surface area contributed by atoms with Gasteiger partial charge in [0.2, 0.25) is 0 Å². The number of nitrogens with one attached hydrogen (secondary N) is 1. The van der Waals surface area contributed by atoms with Crippen molar-refractivity contribution < 1.29 is 9.59 Å². The first-order chi connectivity index (χ1) is 11.0. The lowest BCUT2D eigenvalue weighted by Gasteiger charge is -2.32. The molecular formula is C17H26N4O2. The molecule has 1 aliphatic heterocycles. The van der Waals surface area contributed by atoms with Crippen molar-refractivity contribution in [3.8, 4) is 0 Å². The maximum atomic E-state index is 12.5. The molecule has 2 amide bonds. The number of carbonyl (C=O) groups is 2. The molecule has 0 spiro atoms. The van der Waals surface area contributed by atoms with Crippen molar-refractivity contribution in [3.05, 3.63) is 29.6 Å². The number of pyridine rings is 1. The third-order valence-electron chi connectivity index (χ3n) is 4.04. The summed E-state index contributed by atoms with van der Waals surface area (Å²) in [5.41, 5.74) is 0.826. The zero-order valence-electron chi connectivity index (χ0n) is 14.2. The summed E-state index contributed by atoms with van der Waals surface area (Å²) >= 11 is 0. The van der Waals surface area contributed by atoms with Crippen LogP contribution in [0, 0.1) is 5.92 Å². The Morgan fingerprint density at radius 2 is 1.96 bits per heavy atom. The van der Waals surface area contributed by atoms with Crippen LogP contribution in [0.2, 0.25) is 0 Å². The van der Waals surface area contributed by atoms with Crippen molar-refractivity contribution in [2.24, 2.45) is 5.92 Å². The van der Waals surface area contributed by atoms with E-state index < -0.39 is 0 Å². The molecule has 0 atom stereocenters. The van der Waals surface area contributed by atoms with Crippen LogP contribution in [0.5, 0.6) is 0 Å². The van der Waals surface area contributed by atoms with Gasteiger partial charge < -0.3 is 15.1 Å². The molecule has 2 rings (SSSR count). The average Bonchev–Trinajstić information content (AvgIpc) is 2.54. The van der Waals surface area contributed by atoms with E-state index in [1.807, 2.05) is 11.9 Å². The lowest BCUT2D eigenvalue weighted by molar-refractivity contribution is 0.0664. The van der Waals surface area contributed by atoms with Crippen molar-refractivity contribution >= 4 is 11.8 Å². The predicted octanol–water partition coefficient (Wildman–Crippen LogP) is 1.25. The van der Waals surface area contributed by atoms with Crippen molar-refractivity contribution in [2.75, 3.05) is 39.8 Å². The van der Waals surface area contributed by atoms with E-state index in [0.29, 0.717) is 36.8 Å². The highest BCUT2D eigenvalue weighted by atomic mass is 16.2. The summed E-state index contributed by atoms with van der Waals surface area (Å²) in [6.07, 6.45) is 2.45. The van der Waals surface area contributed by atoms with E-state index in [1.54, 1.807) is 12.1 Å². The molecule has 1 aliphatic rings. The summed E-state index contributed by atoms with van der Waals surface area (Å²) in [6, 6.07) is 3.26. The standard InChI is InChI=1S/C17H26N4O2/c1-13(2)4-6-19-16(22)15-12-14(5-7-18-15)17(23)21-10-8-20(3)9-11-21/h5,7,12-13H,4,6,8-11H2,1-3H3,(H,19,22). The third-order valence-corrected chi connectivity index (χ3v) is 4.04. The Morgan fingerprint density at radius 1 is 1.26 bits per heavy atom. The normalized spacial score (nSPS) is 15.7. The lowest BCUT2D eigenvalue weighted by atomic mass is 10.1. The maximum absolute atomic E-state index is 12.5. The van der Waals surface area contributed by atoms with Gasteiger partial charge in [0, 0.05) is 44.5 Å². The fraction of sp³-hybridized carbons (Fsp3) is 0.588. The Labute approximate surface area is 137 Å². The predicted molar refractivity (Wildman–Crippen MR) is 89.4 cm³/mol. The van der Waals surface area contributed by atoms with Gasteiger partial charge in [0.15, 0.2) is 0 Å².